The average Bonchev–Trinajstić information content (AvgIpc) is 2.60. The summed E-state index contributed by atoms with van der Waals surface area (Å²) in [5.41, 5.74) is -1.30. The van der Waals surface area contributed by atoms with Crippen molar-refractivity contribution in [1.82, 2.24) is 4.90 Å². The molecule has 1 saturated heterocycles. The summed E-state index contributed by atoms with van der Waals surface area (Å²) >= 11 is 0. The van der Waals surface area contributed by atoms with Crippen molar-refractivity contribution in [3.8, 4) is 0 Å². The van der Waals surface area contributed by atoms with Crippen molar-refractivity contribution in [2.45, 2.75) is 71.8 Å². The summed E-state index contributed by atoms with van der Waals surface area (Å²) in [6.45, 7) is 11.6. The number of hydrogen-bond acceptors (Lipinski definition) is 5. The lowest BCUT2D eigenvalue weighted by Gasteiger charge is -2.35. The van der Waals surface area contributed by atoms with Gasteiger partial charge in [0.15, 0.2) is 0 Å². The average molecular weight is 301 g/mol. The van der Waals surface area contributed by atoms with Gasteiger partial charge in [-0.3, -0.25) is 9.69 Å². The molecule has 1 amide bonds. The van der Waals surface area contributed by atoms with E-state index in [2.05, 4.69) is 0 Å². The fourth-order valence-corrected chi connectivity index (χ4v) is 2.29. The normalized spacial score (nSPS) is 21.2. The third kappa shape index (κ3) is 5.19. The topological polar surface area (TPSA) is 65.1 Å². The Morgan fingerprint density at radius 3 is 2.48 bits per heavy atom. The second-order valence-electron chi connectivity index (χ2n) is 6.61. The van der Waals surface area contributed by atoms with Crippen LogP contribution in [0.2, 0.25) is 0 Å². The highest BCUT2D eigenvalue weighted by Crippen LogP contribution is 2.31. The van der Waals surface area contributed by atoms with Crippen LogP contribution in [0.3, 0.4) is 0 Å². The monoisotopic (exact) mass is 301 g/mol. The Morgan fingerprint density at radius 1 is 1.33 bits per heavy atom. The molecule has 21 heavy (non-hydrogen) atoms. The number of rotatable bonds is 4. The molecule has 0 unspecified atom stereocenters. The number of hydrogen-bond donors (Lipinski definition) is 0. The number of amides is 1. The fourth-order valence-electron chi connectivity index (χ4n) is 2.29. The predicted molar refractivity (Wildman–Crippen MR) is 77.8 cm³/mol. The van der Waals surface area contributed by atoms with Crippen LogP contribution < -0.4 is 0 Å². The Kier molecular flexibility index (Phi) is 5.61. The zero-order valence-corrected chi connectivity index (χ0v) is 13.9. The first kappa shape index (κ1) is 17.8. The molecule has 0 radical (unpaired) electrons. The summed E-state index contributed by atoms with van der Waals surface area (Å²) in [6.07, 6.45) is 0.345. The van der Waals surface area contributed by atoms with E-state index in [9.17, 15) is 9.59 Å². The Hall–Kier alpha value is -1.30. The second-order valence-corrected chi connectivity index (χ2v) is 6.61. The van der Waals surface area contributed by atoms with E-state index in [1.165, 1.54) is 0 Å². The van der Waals surface area contributed by atoms with Crippen molar-refractivity contribution in [2.24, 2.45) is 0 Å². The Balaban J connectivity index is 2.70. The number of esters is 1. The zero-order chi connectivity index (χ0) is 16.3. The van der Waals surface area contributed by atoms with Crippen LogP contribution in [0.4, 0.5) is 4.79 Å². The highest BCUT2D eigenvalue weighted by Gasteiger charge is 2.45. The molecule has 1 atom stereocenters. The fraction of sp³-hybridized carbons (Fsp3) is 0.867. The third-order valence-electron chi connectivity index (χ3n) is 3.15. The van der Waals surface area contributed by atoms with Gasteiger partial charge in [0, 0.05) is 6.42 Å². The quantitative estimate of drug-likeness (QED) is 0.747. The van der Waals surface area contributed by atoms with Gasteiger partial charge in [-0.2, -0.15) is 0 Å². The number of ether oxygens (including phenoxy) is 3. The van der Waals surface area contributed by atoms with Crippen molar-refractivity contribution >= 4 is 12.1 Å². The van der Waals surface area contributed by atoms with E-state index in [0.29, 0.717) is 19.6 Å². The maximum atomic E-state index is 12.4. The molecule has 0 aromatic heterocycles. The number of nitrogens with zero attached hydrogens (tertiary/aromatic N) is 1. The molecule has 0 bridgehead atoms. The Morgan fingerprint density at radius 2 is 1.95 bits per heavy atom. The van der Waals surface area contributed by atoms with Crippen LogP contribution in [0.1, 0.15) is 54.4 Å². The van der Waals surface area contributed by atoms with Crippen molar-refractivity contribution < 1.29 is 23.8 Å². The molecule has 1 heterocycles. The molecule has 1 rings (SSSR count). The first-order valence-corrected chi connectivity index (χ1v) is 7.38. The van der Waals surface area contributed by atoms with Crippen LogP contribution >= 0.6 is 0 Å². The van der Waals surface area contributed by atoms with Crippen LogP contribution in [0, 0.1) is 0 Å². The van der Waals surface area contributed by atoms with Crippen molar-refractivity contribution in [2.75, 3.05) is 13.2 Å². The SMILES string of the molecule is CCOC(=O)CC[C@H]1COC(C)(C)N1C(=O)OC(C)(C)C. The van der Waals surface area contributed by atoms with E-state index in [0.717, 1.165) is 0 Å². The molecular weight excluding hydrogens is 274 g/mol. The molecule has 0 aromatic rings. The van der Waals surface area contributed by atoms with Gasteiger partial charge in [-0.25, -0.2) is 4.79 Å². The standard InChI is InChI=1S/C15H27NO5/c1-7-19-12(17)9-8-11-10-20-15(5,6)16(11)13(18)21-14(2,3)4/h11H,7-10H2,1-6H3/t11-/m0/s1. The smallest absolute Gasteiger partial charge is 0.412 e. The largest absolute Gasteiger partial charge is 0.466 e. The molecule has 6 heteroatoms. The highest BCUT2D eigenvalue weighted by atomic mass is 16.6. The second kappa shape index (κ2) is 6.64. The molecule has 1 aliphatic heterocycles. The van der Waals surface area contributed by atoms with Gasteiger partial charge in [0.2, 0.25) is 0 Å². The molecule has 122 valence electrons. The molecule has 1 fully saturated rings. The van der Waals surface area contributed by atoms with E-state index in [1.807, 2.05) is 34.6 Å². The summed E-state index contributed by atoms with van der Waals surface area (Å²) in [5, 5.41) is 0. The first-order chi connectivity index (χ1) is 9.57. The van der Waals surface area contributed by atoms with Crippen LogP contribution in [0.15, 0.2) is 0 Å². The molecule has 6 nitrogen and oxygen atoms in total. The molecule has 0 N–H and O–H groups in total. The Labute approximate surface area is 126 Å². The van der Waals surface area contributed by atoms with Gasteiger partial charge >= 0.3 is 12.1 Å². The summed E-state index contributed by atoms with van der Waals surface area (Å²) < 4.78 is 16.0. The van der Waals surface area contributed by atoms with Gasteiger partial charge in [0.1, 0.15) is 11.3 Å². The maximum absolute atomic E-state index is 12.4. The lowest BCUT2D eigenvalue weighted by atomic mass is 10.1. The van der Waals surface area contributed by atoms with E-state index in [-0.39, 0.29) is 18.4 Å². The van der Waals surface area contributed by atoms with E-state index in [4.69, 9.17) is 14.2 Å². The summed E-state index contributed by atoms with van der Waals surface area (Å²) in [6, 6.07) is -0.181. The first-order valence-electron chi connectivity index (χ1n) is 7.38. The minimum absolute atomic E-state index is 0.181. The predicted octanol–water partition coefficient (Wildman–Crippen LogP) is 2.70. The van der Waals surface area contributed by atoms with Crippen LogP contribution in [0.25, 0.3) is 0 Å². The van der Waals surface area contributed by atoms with Gasteiger partial charge in [-0.05, 0) is 48.0 Å². The zero-order valence-electron chi connectivity index (χ0n) is 13.9. The summed E-state index contributed by atoms with van der Waals surface area (Å²) in [4.78, 5) is 25.4. The van der Waals surface area contributed by atoms with Crippen molar-refractivity contribution in [3.63, 3.8) is 0 Å². The molecule has 0 spiro atoms. The van der Waals surface area contributed by atoms with Gasteiger partial charge in [-0.1, -0.05) is 0 Å². The van der Waals surface area contributed by atoms with Crippen LogP contribution in [-0.2, 0) is 19.0 Å². The van der Waals surface area contributed by atoms with E-state index < -0.39 is 17.4 Å². The summed E-state index contributed by atoms with van der Waals surface area (Å²) in [5.74, 6) is -0.258. The maximum Gasteiger partial charge on any atom is 0.412 e. The lowest BCUT2D eigenvalue weighted by Crippen LogP contribution is -2.49. The van der Waals surface area contributed by atoms with Crippen LogP contribution in [-0.4, -0.2) is 47.5 Å². The van der Waals surface area contributed by atoms with Gasteiger partial charge in [-0.15, -0.1) is 0 Å². The molecule has 1 aliphatic rings. The molecule has 0 aromatic carbocycles. The number of carbonyl (C=O) groups is 2. The van der Waals surface area contributed by atoms with Gasteiger partial charge < -0.3 is 14.2 Å². The van der Waals surface area contributed by atoms with E-state index >= 15 is 0 Å². The lowest BCUT2D eigenvalue weighted by molar-refractivity contribution is -0.143. The number of carbonyl (C=O) groups excluding carboxylic acids is 2. The van der Waals surface area contributed by atoms with Gasteiger partial charge in [0.25, 0.3) is 0 Å². The molecular formula is C15H27NO5. The van der Waals surface area contributed by atoms with E-state index in [1.54, 1.807) is 11.8 Å². The minimum atomic E-state index is -0.734. The van der Waals surface area contributed by atoms with Crippen LogP contribution in [0.5, 0.6) is 0 Å². The minimum Gasteiger partial charge on any atom is -0.466 e. The summed E-state index contributed by atoms with van der Waals surface area (Å²) in [7, 11) is 0. The molecule has 0 saturated carbocycles. The van der Waals surface area contributed by atoms with Crippen molar-refractivity contribution in [1.29, 1.82) is 0 Å². The van der Waals surface area contributed by atoms with Gasteiger partial charge in [0.05, 0.1) is 19.3 Å². The highest BCUT2D eigenvalue weighted by molar-refractivity contribution is 5.71. The van der Waals surface area contributed by atoms with Crippen molar-refractivity contribution in [3.05, 3.63) is 0 Å². The Bertz CT molecular complexity index is 386. The third-order valence-corrected chi connectivity index (χ3v) is 3.15. The molecule has 0 aliphatic carbocycles.